The molecule has 0 unspecified atom stereocenters. The number of hydrogen-bond donors (Lipinski definition) is 1. The fraction of sp³-hybridized carbons (Fsp3) is 0.207. The topological polar surface area (TPSA) is 94.8 Å². The first kappa shape index (κ1) is 27.4. The van der Waals surface area contributed by atoms with Crippen molar-refractivity contribution in [3.05, 3.63) is 89.1 Å². The average Bonchev–Trinajstić information content (AvgIpc) is 3.19. The van der Waals surface area contributed by atoms with Crippen LogP contribution in [0.5, 0.6) is 5.75 Å². The smallest absolute Gasteiger partial charge is 0.422 e. The van der Waals surface area contributed by atoms with E-state index >= 15 is 0 Å². The van der Waals surface area contributed by atoms with Crippen LogP contribution < -0.4 is 4.74 Å². The number of aryl methyl sites for hydroxylation is 1. The van der Waals surface area contributed by atoms with E-state index in [9.17, 15) is 32.7 Å². The molecule has 4 aromatic rings. The number of Topliss-reactive ketones (excluding diaryl/α,β-unsaturated/α-hetero) is 1. The summed E-state index contributed by atoms with van der Waals surface area (Å²) in [6, 6.07) is 18.7. The van der Waals surface area contributed by atoms with Gasteiger partial charge in [-0.25, -0.2) is 4.79 Å². The lowest BCUT2D eigenvalue weighted by Crippen LogP contribution is -2.19. The highest BCUT2D eigenvalue weighted by molar-refractivity contribution is 6.42. The standard InChI is InChI=1S/C29H24F3NO6/c1-17-3-5-19(6-4-17)14-33-24-12-9-21(20-7-10-22(11-8-20)39-16-29(30,31)32)13-23(24)26(27(35)28(36)37)25(33)15-38-18(2)34/h3-13H,14-16H2,1-2H3,(H,36,37). The molecule has 0 saturated heterocycles. The molecule has 0 aliphatic carbocycles. The van der Waals surface area contributed by atoms with E-state index in [4.69, 9.17) is 9.47 Å². The quantitative estimate of drug-likeness (QED) is 0.161. The number of hydrogen-bond acceptors (Lipinski definition) is 5. The summed E-state index contributed by atoms with van der Waals surface area (Å²) in [6.45, 7) is 1.71. The monoisotopic (exact) mass is 539 g/mol. The third-order valence-corrected chi connectivity index (χ3v) is 6.06. The number of aliphatic carboxylic acids is 1. The maximum atomic E-state index is 12.9. The molecule has 1 aromatic heterocycles. The Labute approximate surface area is 221 Å². The first-order valence-electron chi connectivity index (χ1n) is 11.8. The number of esters is 1. The predicted octanol–water partition coefficient (Wildman–Crippen LogP) is 5.94. The van der Waals surface area contributed by atoms with Crippen molar-refractivity contribution in [2.45, 2.75) is 33.2 Å². The van der Waals surface area contributed by atoms with Gasteiger partial charge in [0.1, 0.15) is 12.4 Å². The SMILES string of the molecule is CC(=O)OCc1c(C(=O)C(=O)O)c2cc(-c3ccc(OCC(F)(F)F)cc3)ccc2n1Cc1ccc(C)cc1. The van der Waals surface area contributed by atoms with Gasteiger partial charge in [0.05, 0.1) is 11.3 Å². The molecule has 0 aliphatic rings. The number of aromatic nitrogens is 1. The van der Waals surface area contributed by atoms with Crippen LogP contribution in [0.25, 0.3) is 22.0 Å². The van der Waals surface area contributed by atoms with Gasteiger partial charge in [-0.15, -0.1) is 0 Å². The average molecular weight is 540 g/mol. The molecule has 0 aliphatic heterocycles. The second-order valence-corrected chi connectivity index (χ2v) is 8.97. The molecule has 202 valence electrons. The molecule has 4 rings (SSSR count). The Bertz CT molecular complexity index is 1540. The number of benzene rings is 3. The number of alkyl halides is 3. The summed E-state index contributed by atoms with van der Waals surface area (Å²) in [6.07, 6.45) is -4.47. The van der Waals surface area contributed by atoms with Crippen LogP contribution in [0.2, 0.25) is 0 Å². The third kappa shape index (κ3) is 6.46. The van der Waals surface area contributed by atoms with Crippen molar-refractivity contribution in [3.63, 3.8) is 0 Å². The molecule has 0 fully saturated rings. The second kappa shape index (κ2) is 11.0. The molecule has 1 heterocycles. The zero-order chi connectivity index (χ0) is 28.3. The Hall–Kier alpha value is -4.60. The molecule has 39 heavy (non-hydrogen) atoms. The first-order chi connectivity index (χ1) is 18.4. The zero-order valence-corrected chi connectivity index (χ0v) is 21.0. The van der Waals surface area contributed by atoms with Crippen LogP contribution in [0.3, 0.4) is 0 Å². The van der Waals surface area contributed by atoms with E-state index in [2.05, 4.69) is 0 Å². The largest absolute Gasteiger partial charge is 0.484 e. The number of carboxylic acid groups (broad SMARTS) is 1. The second-order valence-electron chi connectivity index (χ2n) is 8.97. The molecule has 0 amide bonds. The van der Waals surface area contributed by atoms with E-state index in [1.165, 1.54) is 19.1 Å². The van der Waals surface area contributed by atoms with Crippen LogP contribution in [0.4, 0.5) is 13.2 Å². The van der Waals surface area contributed by atoms with Crippen LogP contribution in [-0.2, 0) is 27.5 Å². The predicted molar refractivity (Wildman–Crippen MR) is 137 cm³/mol. The van der Waals surface area contributed by atoms with Crippen molar-refractivity contribution < 1.29 is 42.1 Å². The Kier molecular flexibility index (Phi) is 7.75. The Morgan fingerprint density at radius 1 is 0.923 bits per heavy atom. The summed E-state index contributed by atoms with van der Waals surface area (Å²) < 4.78 is 49.1. The number of halogens is 3. The van der Waals surface area contributed by atoms with Gasteiger partial charge in [0.25, 0.3) is 5.78 Å². The van der Waals surface area contributed by atoms with Gasteiger partial charge in [-0.05, 0) is 47.9 Å². The zero-order valence-electron chi connectivity index (χ0n) is 21.0. The van der Waals surface area contributed by atoms with E-state index in [1.54, 1.807) is 34.9 Å². The lowest BCUT2D eigenvalue weighted by Gasteiger charge is -2.12. The van der Waals surface area contributed by atoms with Crippen molar-refractivity contribution in [3.8, 4) is 16.9 Å². The maximum absolute atomic E-state index is 12.9. The summed E-state index contributed by atoms with van der Waals surface area (Å²) in [4.78, 5) is 36.3. The lowest BCUT2D eigenvalue weighted by atomic mass is 10.0. The molecule has 0 saturated carbocycles. The fourth-order valence-corrected chi connectivity index (χ4v) is 4.23. The highest BCUT2D eigenvalue weighted by Gasteiger charge is 2.29. The fourth-order valence-electron chi connectivity index (χ4n) is 4.23. The van der Waals surface area contributed by atoms with Gasteiger partial charge in [-0.1, -0.05) is 48.0 Å². The van der Waals surface area contributed by atoms with Crippen molar-refractivity contribution in [1.82, 2.24) is 4.57 Å². The van der Waals surface area contributed by atoms with Crippen molar-refractivity contribution >= 4 is 28.6 Å². The first-order valence-corrected chi connectivity index (χ1v) is 11.8. The Morgan fingerprint density at radius 2 is 1.56 bits per heavy atom. The summed E-state index contributed by atoms with van der Waals surface area (Å²) in [5.41, 5.74) is 3.83. The van der Waals surface area contributed by atoms with Crippen LogP contribution >= 0.6 is 0 Å². The van der Waals surface area contributed by atoms with E-state index in [0.29, 0.717) is 22.0 Å². The van der Waals surface area contributed by atoms with Crippen LogP contribution in [0.1, 0.15) is 34.1 Å². The summed E-state index contributed by atoms with van der Waals surface area (Å²) in [5.74, 6) is -3.38. The van der Waals surface area contributed by atoms with Crippen LogP contribution in [0.15, 0.2) is 66.7 Å². The molecule has 1 N–H and O–H groups in total. The molecule has 0 radical (unpaired) electrons. The number of rotatable bonds is 9. The molecular formula is C29H24F3NO6. The minimum absolute atomic E-state index is 0.0341. The molecular weight excluding hydrogens is 515 g/mol. The number of fused-ring (bicyclic) bond motifs is 1. The number of carbonyl (C=O) groups is 3. The number of ketones is 1. The highest BCUT2D eigenvalue weighted by atomic mass is 19.4. The lowest BCUT2D eigenvalue weighted by molar-refractivity contribution is -0.153. The summed E-state index contributed by atoms with van der Waals surface area (Å²) in [5, 5.41) is 9.93. The Balaban J connectivity index is 1.83. The van der Waals surface area contributed by atoms with Crippen LogP contribution in [0, 0.1) is 6.92 Å². The van der Waals surface area contributed by atoms with Gasteiger partial charge in [0, 0.05) is 24.4 Å². The van der Waals surface area contributed by atoms with Gasteiger partial charge in [-0.3, -0.25) is 9.59 Å². The molecule has 0 atom stereocenters. The van der Waals surface area contributed by atoms with Gasteiger partial charge in [0.2, 0.25) is 0 Å². The van der Waals surface area contributed by atoms with Gasteiger partial charge >= 0.3 is 18.1 Å². The number of ether oxygens (including phenoxy) is 2. The molecule has 7 nitrogen and oxygen atoms in total. The third-order valence-electron chi connectivity index (χ3n) is 6.06. The minimum atomic E-state index is -4.47. The maximum Gasteiger partial charge on any atom is 0.422 e. The molecule has 3 aromatic carbocycles. The van der Waals surface area contributed by atoms with E-state index in [0.717, 1.165) is 11.1 Å². The summed E-state index contributed by atoms with van der Waals surface area (Å²) >= 11 is 0. The van der Waals surface area contributed by atoms with Gasteiger partial charge in [-0.2, -0.15) is 13.2 Å². The van der Waals surface area contributed by atoms with Crippen molar-refractivity contribution in [2.75, 3.05) is 6.61 Å². The van der Waals surface area contributed by atoms with Crippen molar-refractivity contribution in [1.29, 1.82) is 0 Å². The number of carboxylic acids is 1. The highest BCUT2D eigenvalue weighted by Crippen LogP contribution is 2.33. The molecule has 10 heteroatoms. The van der Waals surface area contributed by atoms with Gasteiger partial charge < -0.3 is 19.1 Å². The van der Waals surface area contributed by atoms with E-state index < -0.39 is 30.5 Å². The molecule has 0 spiro atoms. The van der Waals surface area contributed by atoms with E-state index in [-0.39, 0.29) is 30.2 Å². The van der Waals surface area contributed by atoms with Crippen LogP contribution in [-0.4, -0.2) is 40.2 Å². The van der Waals surface area contributed by atoms with Gasteiger partial charge in [0.15, 0.2) is 6.61 Å². The van der Waals surface area contributed by atoms with E-state index in [1.807, 2.05) is 31.2 Å². The number of nitrogens with zero attached hydrogens (tertiary/aromatic N) is 1. The summed E-state index contributed by atoms with van der Waals surface area (Å²) in [7, 11) is 0. The Morgan fingerprint density at radius 3 is 2.15 bits per heavy atom. The molecule has 0 bridgehead atoms. The number of carbonyl (C=O) groups excluding carboxylic acids is 2. The normalized spacial score (nSPS) is 11.4. The van der Waals surface area contributed by atoms with Crippen molar-refractivity contribution in [2.24, 2.45) is 0 Å². The minimum Gasteiger partial charge on any atom is -0.484 e.